The number of benzene rings is 1. The fourth-order valence-corrected chi connectivity index (χ4v) is 2.91. The van der Waals surface area contributed by atoms with Gasteiger partial charge in [0.05, 0.1) is 23.9 Å². The van der Waals surface area contributed by atoms with Crippen LogP contribution in [0.25, 0.3) is 5.69 Å². The normalized spacial score (nSPS) is 22.3. The predicted molar refractivity (Wildman–Crippen MR) is 77.6 cm³/mol. The first-order chi connectivity index (χ1) is 10.2. The molecular weight excluding hydrogens is 264 g/mol. The van der Waals surface area contributed by atoms with E-state index in [1.54, 1.807) is 16.8 Å². The molecule has 1 aromatic carbocycles. The largest absolute Gasteiger partial charge is 0.290 e. The molecule has 1 aromatic heterocycles. The molecule has 2 aromatic rings. The van der Waals surface area contributed by atoms with Crippen LogP contribution in [0.1, 0.15) is 38.1 Å². The van der Waals surface area contributed by atoms with E-state index < -0.39 is 0 Å². The Morgan fingerprint density at radius 2 is 1.86 bits per heavy atom. The van der Waals surface area contributed by atoms with Gasteiger partial charge in [0, 0.05) is 12.1 Å². The van der Waals surface area contributed by atoms with E-state index in [2.05, 4.69) is 40.3 Å². The van der Waals surface area contributed by atoms with Gasteiger partial charge in [-0.1, -0.05) is 0 Å². The van der Waals surface area contributed by atoms with Crippen LogP contribution < -0.4 is 0 Å². The van der Waals surface area contributed by atoms with Crippen molar-refractivity contribution in [3.8, 4) is 11.8 Å². The van der Waals surface area contributed by atoms with Crippen LogP contribution in [0, 0.1) is 11.3 Å². The molecule has 21 heavy (non-hydrogen) atoms. The summed E-state index contributed by atoms with van der Waals surface area (Å²) in [7, 11) is 0. The zero-order valence-corrected chi connectivity index (χ0v) is 12.3. The van der Waals surface area contributed by atoms with Gasteiger partial charge in [0.15, 0.2) is 5.82 Å². The van der Waals surface area contributed by atoms with Crippen LogP contribution in [0.15, 0.2) is 24.3 Å². The first-order valence-corrected chi connectivity index (χ1v) is 7.22. The van der Waals surface area contributed by atoms with Gasteiger partial charge in [-0.25, -0.2) is 0 Å². The number of hydrogen-bond donors (Lipinski definition) is 0. The van der Waals surface area contributed by atoms with Crippen molar-refractivity contribution in [1.82, 2.24) is 25.1 Å². The lowest BCUT2D eigenvalue weighted by Crippen LogP contribution is -2.33. The lowest BCUT2D eigenvalue weighted by Gasteiger charge is -2.24. The Balaban J connectivity index is 1.85. The minimum atomic E-state index is 0.561. The zero-order chi connectivity index (χ0) is 14.8. The molecule has 6 heteroatoms. The average Bonchev–Trinajstić information content (AvgIpc) is 3.09. The third kappa shape index (κ3) is 2.65. The van der Waals surface area contributed by atoms with Gasteiger partial charge in [-0.3, -0.25) is 4.90 Å². The summed E-state index contributed by atoms with van der Waals surface area (Å²) < 4.78 is 1.75. The maximum atomic E-state index is 8.86. The summed E-state index contributed by atoms with van der Waals surface area (Å²) in [4.78, 5) is 2.44. The molecule has 2 atom stereocenters. The van der Waals surface area contributed by atoms with Crippen molar-refractivity contribution in [2.75, 3.05) is 0 Å². The van der Waals surface area contributed by atoms with Gasteiger partial charge < -0.3 is 0 Å². The maximum Gasteiger partial charge on any atom is 0.170 e. The van der Waals surface area contributed by atoms with E-state index in [1.165, 1.54) is 12.8 Å². The molecule has 0 radical (unpaired) electrons. The van der Waals surface area contributed by atoms with Gasteiger partial charge in [0.2, 0.25) is 0 Å². The Kier molecular flexibility index (Phi) is 3.67. The van der Waals surface area contributed by atoms with Crippen LogP contribution in [0.3, 0.4) is 0 Å². The maximum absolute atomic E-state index is 8.86. The number of nitrogens with zero attached hydrogens (tertiary/aromatic N) is 6. The first kappa shape index (κ1) is 13.7. The quantitative estimate of drug-likeness (QED) is 0.860. The monoisotopic (exact) mass is 282 g/mol. The summed E-state index contributed by atoms with van der Waals surface area (Å²) in [6.07, 6.45) is 2.44. The molecule has 0 N–H and O–H groups in total. The first-order valence-electron chi connectivity index (χ1n) is 7.22. The predicted octanol–water partition coefficient (Wildman–Crippen LogP) is 1.91. The van der Waals surface area contributed by atoms with Crippen LogP contribution in [-0.4, -0.2) is 37.2 Å². The highest BCUT2D eigenvalue weighted by Gasteiger charge is 2.28. The molecule has 108 valence electrons. The number of hydrogen-bond acceptors (Lipinski definition) is 5. The summed E-state index contributed by atoms with van der Waals surface area (Å²) in [5.41, 5.74) is 1.52. The summed E-state index contributed by atoms with van der Waals surface area (Å²) in [5, 5.41) is 20.9. The summed E-state index contributed by atoms with van der Waals surface area (Å²) in [5.74, 6) is 0.834. The van der Waals surface area contributed by atoms with Gasteiger partial charge in [-0.2, -0.15) is 9.94 Å². The van der Waals surface area contributed by atoms with Gasteiger partial charge in [-0.05, 0) is 61.4 Å². The van der Waals surface area contributed by atoms with Crippen molar-refractivity contribution in [1.29, 1.82) is 5.26 Å². The van der Waals surface area contributed by atoms with E-state index in [-0.39, 0.29) is 0 Å². The van der Waals surface area contributed by atoms with Crippen LogP contribution in [0.5, 0.6) is 0 Å². The van der Waals surface area contributed by atoms with E-state index >= 15 is 0 Å². The van der Waals surface area contributed by atoms with E-state index in [0.29, 0.717) is 17.6 Å². The molecule has 1 aliphatic rings. The molecule has 0 bridgehead atoms. The van der Waals surface area contributed by atoms with Crippen molar-refractivity contribution in [2.24, 2.45) is 0 Å². The molecule has 2 heterocycles. The van der Waals surface area contributed by atoms with Crippen molar-refractivity contribution in [3.63, 3.8) is 0 Å². The van der Waals surface area contributed by atoms with E-state index in [4.69, 9.17) is 5.26 Å². The fourth-order valence-electron chi connectivity index (χ4n) is 2.91. The minimum absolute atomic E-state index is 0.561. The Morgan fingerprint density at radius 1 is 1.19 bits per heavy atom. The second-order valence-corrected chi connectivity index (χ2v) is 5.61. The molecule has 0 saturated carbocycles. The highest BCUT2D eigenvalue weighted by molar-refractivity contribution is 5.38. The van der Waals surface area contributed by atoms with Gasteiger partial charge in [0.25, 0.3) is 0 Å². The highest BCUT2D eigenvalue weighted by atomic mass is 15.5. The second-order valence-electron chi connectivity index (χ2n) is 5.61. The third-order valence-electron chi connectivity index (χ3n) is 4.23. The van der Waals surface area contributed by atoms with Crippen molar-refractivity contribution < 1.29 is 0 Å². The molecule has 1 aliphatic heterocycles. The van der Waals surface area contributed by atoms with Crippen LogP contribution in [0.4, 0.5) is 0 Å². The Hall–Kier alpha value is -2.26. The molecular formula is C15H18N6. The van der Waals surface area contributed by atoms with Crippen LogP contribution >= 0.6 is 0 Å². The SMILES string of the molecule is CC1CCC(C)N1Cc1nnnn1-c1ccc(C#N)cc1. The van der Waals surface area contributed by atoms with Crippen molar-refractivity contribution in [3.05, 3.63) is 35.7 Å². The van der Waals surface area contributed by atoms with E-state index in [9.17, 15) is 0 Å². The zero-order valence-electron chi connectivity index (χ0n) is 12.3. The molecule has 3 rings (SSSR count). The molecule has 6 nitrogen and oxygen atoms in total. The van der Waals surface area contributed by atoms with Gasteiger partial charge in [-0.15, -0.1) is 5.10 Å². The number of likely N-dealkylation sites (tertiary alicyclic amines) is 1. The topological polar surface area (TPSA) is 70.6 Å². The summed E-state index contributed by atoms with van der Waals surface area (Å²) in [6, 6.07) is 10.5. The van der Waals surface area contributed by atoms with Crippen molar-refractivity contribution >= 4 is 0 Å². The summed E-state index contributed by atoms with van der Waals surface area (Å²) >= 11 is 0. The molecule has 0 amide bonds. The second kappa shape index (κ2) is 5.62. The van der Waals surface area contributed by atoms with Crippen LogP contribution in [-0.2, 0) is 6.54 Å². The smallest absolute Gasteiger partial charge is 0.170 e. The number of rotatable bonds is 3. The van der Waals surface area contributed by atoms with E-state index in [0.717, 1.165) is 18.1 Å². The highest BCUT2D eigenvalue weighted by Crippen LogP contribution is 2.25. The standard InChI is InChI=1S/C15H18N6/c1-11-3-4-12(2)20(11)10-15-17-18-19-21(15)14-7-5-13(9-16)6-8-14/h5-8,11-12H,3-4,10H2,1-2H3. The lowest BCUT2D eigenvalue weighted by molar-refractivity contribution is 0.198. The molecule has 0 aliphatic carbocycles. The van der Waals surface area contributed by atoms with E-state index in [1.807, 2.05) is 12.1 Å². The van der Waals surface area contributed by atoms with Crippen molar-refractivity contribution in [2.45, 2.75) is 45.3 Å². The Bertz CT molecular complexity index is 644. The van der Waals surface area contributed by atoms with Crippen LogP contribution in [0.2, 0.25) is 0 Å². The molecule has 1 fully saturated rings. The molecule has 0 spiro atoms. The fraction of sp³-hybridized carbons (Fsp3) is 0.467. The minimum Gasteiger partial charge on any atom is -0.290 e. The number of aromatic nitrogens is 4. The van der Waals surface area contributed by atoms with Gasteiger partial charge in [0.1, 0.15) is 0 Å². The third-order valence-corrected chi connectivity index (χ3v) is 4.23. The average molecular weight is 282 g/mol. The molecule has 1 saturated heterocycles. The lowest BCUT2D eigenvalue weighted by atomic mass is 10.2. The van der Waals surface area contributed by atoms with Gasteiger partial charge >= 0.3 is 0 Å². The summed E-state index contributed by atoms with van der Waals surface area (Å²) in [6.45, 7) is 5.24. The number of nitriles is 1. The Labute approximate surface area is 124 Å². The number of tetrazole rings is 1. The molecule has 2 unspecified atom stereocenters. The Morgan fingerprint density at radius 3 is 2.48 bits per heavy atom.